The summed E-state index contributed by atoms with van der Waals surface area (Å²) in [5.41, 5.74) is 0.162. The molecule has 2 fully saturated rings. The standard InChI is InChI=1S/C16H32N4O.HI/c1-6-17-15(18-11-12-8-7-9-20(12)4)19-13-10-14(21-5)16(13,2)3;/h12-14H,6-11H2,1-5H3,(H2,17,18,19);1H. The van der Waals surface area contributed by atoms with Gasteiger partial charge in [0.15, 0.2) is 5.96 Å². The van der Waals surface area contributed by atoms with E-state index in [1.165, 1.54) is 19.4 Å². The van der Waals surface area contributed by atoms with E-state index in [1.807, 2.05) is 0 Å². The Balaban J connectivity index is 0.00000242. The topological polar surface area (TPSA) is 48.9 Å². The molecular formula is C16H33IN4O. The van der Waals surface area contributed by atoms with Crippen LogP contribution in [0.15, 0.2) is 4.99 Å². The van der Waals surface area contributed by atoms with Crippen molar-refractivity contribution >= 4 is 29.9 Å². The lowest BCUT2D eigenvalue weighted by molar-refractivity contribution is -0.0922. The van der Waals surface area contributed by atoms with Gasteiger partial charge in [0.05, 0.1) is 12.6 Å². The number of guanidine groups is 1. The summed E-state index contributed by atoms with van der Waals surface area (Å²) in [5.74, 6) is 0.949. The van der Waals surface area contributed by atoms with Crippen LogP contribution in [0.5, 0.6) is 0 Å². The molecule has 3 atom stereocenters. The highest BCUT2D eigenvalue weighted by Crippen LogP contribution is 2.42. The summed E-state index contributed by atoms with van der Waals surface area (Å²) in [4.78, 5) is 7.21. The van der Waals surface area contributed by atoms with Gasteiger partial charge in [0, 0.05) is 31.2 Å². The molecule has 0 aromatic carbocycles. The summed E-state index contributed by atoms with van der Waals surface area (Å²) < 4.78 is 5.52. The summed E-state index contributed by atoms with van der Waals surface area (Å²) >= 11 is 0. The van der Waals surface area contributed by atoms with Crippen molar-refractivity contribution in [1.82, 2.24) is 15.5 Å². The van der Waals surface area contributed by atoms with Crippen LogP contribution in [0.3, 0.4) is 0 Å². The summed E-state index contributed by atoms with van der Waals surface area (Å²) in [7, 11) is 4.00. The molecule has 0 bridgehead atoms. The number of methoxy groups -OCH3 is 1. The molecule has 2 rings (SSSR count). The van der Waals surface area contributed by atoms with E-state index in [1.54, 1.807) is 7.11 Å². The average Bonchev–Trinajstić information content (AvgIpc) is 2.85. The third-order valence-corrected chi connectivity index (χ3v) is 5.25. The number of aliphatic imine (C=N–C) groups is 1. The molecule has 0 amide bonds. The third kappa shape index (κ3) is 4.47. The molecule has 1 aliphatic heterocycles. The maximum absolute atomic E-state index is 5.52. The van der Waals surface area contributed by atoms with Crippen molar-refractivity contribution in [2.24, 2.45) is 10.4 Å². The Morgan fingerprint density at radius 3 is 2.64 bits per heavy atom. The SMILES string of the molecule is CCNC(=NCC1CCCN1C)NC1CC(OC)C1(C)C.I. The van der Waals surface area contributed by atoms with Crippen LogP contribution < -0.4 is 10.6 Å². The number of nitrogens with zero attached hydrogens (tertiary/aromatic N) is 2. The Hall–Kier alpha value is -0.0800. The molecule has 0 aromatic heterocycles. The Bertz CT molecular complexity index is 375. The fourth-order valence-electron chi connectivity index (χ4n) is 3.42. The van der Waals surface area contributed by atoms with Crippen molar-refractivity contribution in [2.75, 3.05) is 33.8 Å². The molecule has 2 N–H and O–H groups in total. The highest BCUT2D eigenvalue weighted by Gasteiger charge is 2.48. The quantitative estimate of drug-likeness (QED) is 0.403. The van der Waals surface area contributed by atoms with Crippen LogP contribution >= 0.6 is 24.0 Å². The molecule has 0 radical (unpaired) electrons. The van der Waals surface area contributed by atoms with Crippen LogP contribution in [0, 0.1) is 5.41 Å². The zero-order valence-corrected chi connectivity index (χ0v) is 17.0. The summed E-state index contributed by atoms with van der Waals surface area (Å²) in [6.45, 7) is 9.62. The van der Waals surface area contributed by atoms with Gasteiger partial charge in [-0.15, -0.1) is 24.0 Å². The highest BCUT2D eigenvalue weighted by molar-refractivity contribution is 14.0. The average molecular weight is 424 g/mol. The predicted octanol–water partition coefficient (Wildman–Crippen LogP) is 2.07. The van der Waals surface area contributed by atoms with E-state index in [-0.39, 0.29) is 29.4 Å². The number of likely N-dealkylation sites (N-methyl/N-ethyl adjacent to an activating group) is 1. The van der Waals surface area contributed by atoms with Gasteiger partial charge < -0.3 is 20.3 Å². The fourth-order valence-corrected chi connectivity index (χ4v) is 3.42. The van der Waals surface area contributed by atoms with Gasteiger partial charge in [-0.25, -0.2) is 0 Å². The van der Waals surface area contributed by atoms with Crippen molar-refractivity contribution in [1.29, 1.82) is 0 Å². The Labute approximate surface area is 152 Å². The minimum atomic E-state index is 0. The molecule has 0 spiro atoms. The number of rotatable bonds is 5. The second-order valence-electron chi connectivity index (χ2n) is 6.97. The second-order valence-corrected chi connectivity index (χ2v) is 6.97. The lowest BCUT2D eigenvalue weighted by atomic mass is 9.64. The summed E-state index contributed by atoms with van der Waals surface area (Å²) in [5, 5.41) is 6.96. The number of hydrogen-bond acceptors (Lipinski definition) is 3. The first-order valence-corrected chi connectivity index (χ1v) is 8.27. The summed E-state index contributed by atoms with van der Waals surface area (Å²) in [6, 6.07) is 1.03. The molecule has 1 heterocycles. The first-order valence-electron chi connectivity index (χ1n) is 8.27. The van der Waals surface area contributed by atoms with Gasteiger partial charge in [0.2, 0.25) is 0 Å². The largest absolute Gasteiger partial charge is 0.381 e. The van der Waals surface area contributed by atoms with Crippen molar-refractivity contribution in [3.63, 3.8) is 0 Å². The molecule has 2 aliphatic rings. The highest BCUT2D eigenvalue weighted by atomic mass is 127. The van der Waals surface area contributed by atoms with E-state index >= 15 is 0 Å². The lowest BCUT2D eigenvalue weighted by Gasteiger charge is -2.51. The van der Waals surface area contributed by atoms with Gasteiger partial charge in [-0.2, -0.15) is 0 Å². The molecule has 3 unspecified atom stereocenters. The van der Waals surface area contributed by atoms with Crippen LogP contribution in [0.4, 0.5) is 0 Å². The molecule has 130 valence electrons. The number of halogens is 1. The lowest BCUT2D eigenvalue weighted by Crippen LogP contribution is -2.63. The maximum Gasteiger partial charge on any atom is 0.191 e. The molecule has 6 heteroatoms. The first kappa shape index (κ1) is 20.0. The minimum Gasteiger partial charge on any atom is -0.381 e. The number of hydrogen-bond donors (Lipinski definition) is 2. The third-order valence-electron chi connectivity index (χ3n) is 5.25. The van der Waals surface area contributed by atoms with Gasteiger partial charge in [-0.3, -0.25) is 4.99 Å². The first-order chi connectivity index (χ1) is 9.98. The van der Waals surface area contributed by atoms with E-state index in [0.29, 0.717) is 18.2 Å². The van der Waals surface area contributed by atoms with Crippen molar-refractivity contribution < 1.29 is 4.74 Å². The van der Waals surface area contributed by atoms with E-state index in [4.69, 9.17) is 9.73 Å². The monoisotopic (exact) mass is 424 g/mol. The van der Waals surface area contributed by atoms with Gasteiger partial charge >= 0.3 is 0 Å². The van der Waals surface area contributed by atoms with Crippen molar-refractivity contribution in [2.45, 2.75) is 58.2 Å². The fraction of sp³-hybridized carbons (Fsp3) is 0.938. The molecule has 1 aliphatic carbocycles. The second kappa shape index (κ2) is 8.68. The van der Waals surface area contributed by atoms with Gasteiger partial charge in [0.25, 0.3) is 0 Å². The maximum atomic E-state index is 5.52. The van der Waals surface area contributed by atoms with Crippen LogP contribution in [-0.4, -0.2) is 62.8 Å². The van der Waals surface area contributed by atoms with Crippen LogP contribution in [0.1, 0.15) is 40.0 Å². The predicted molar refractivity (Wildman–Crippen MR) is 103 cm³/mol. The zero-order chi connectivity index (χ0) is 15.5. The summed E-state index contributed by atoms with van der Waals surface area (Å²) in [6.07, 6.45) is 3.96. The van der Waals surface area contributed by atoms with Gasteiger partial charge in [-0.05, 0) is 39.8 Å². The number of ether oxygens (including phenoxy) is 1. The van der Waals surface area contributed by atoms with Crippen molar-refractivity contribution in [3.8, 4) is 0 Å². The number of likely N-dealkylation sites (tertiary alicyclic amines) is 1. The van der Waals surface area contributed by atoms with E-state index in [2.05, 4.69) is 43.4 Å². The molecule has 0 aromatic rings. The Kier molecular flexibility index (Phi) is 7.88. The smallest absolute Gasteiger partial charge is 0.191 e. The van der Waals surface area contributed by atoms with Gasteiger partial charge in [0.1, 0.15) is 0 Å². The zero-order valence-electron chi connectivity index (χ0n) is 14.7. The molecule has 1 saturated heterocycles. The number of nitrogens with one attached hydrogen (secondary N) is 2. The normalized spacial score (nSPS) is 31.3. The minimum absolute atomic E-state index is 0. The molecule has 22 heavy (non-hydrogen) atoms. The van der Waals surface area contributed by atoms with Crippen molar-refractivity contribution in [3.05, 3.63) is 0 Å². The van der Waals surface area contributed by atoms with E-state index in [0.717, 1.165) is 25.5 Å². The van der Waals surface area contributed by atoms with Crippen LogP contribution in [-0.2, 0) is 4.74 Å². The van der Waals surface area contributed by atoms with E-state index < -0.39 is 0 Å². The molecular weight excluding hydrogens is 391 g/mol. The van der Waals surface area contributed by atoms with Crippen LogP contribution in [0.2, 0.25) is 0 Å². The molecule has 5 nitrogen and oxygen atoms in total. The molecule has 1 saturated carbocycles. The Morgan fingerprint density at radius 1 is 1.41 bits per heavy atom. The Morgan fingerprint density at radius 2 is 2.14 bits per heavy atom. The van der Waals surface area contributed by atoms with Crippen LogP contribution in [0.25, 0.3) is 0 Å². The van der Waals surface area contributed by atoms with E-state index in [9.17, 15) is 0 Å². The van der Waals surface area contributed by atoms with Gasteiger partial charge in [-0.1, -0.05) is 13.8 Å².